The zero-order valence-corrected chi connectivity index (χ0v) is 12.3. The Morgan fingerprint density at radius 2 is 1.82 bits per heavy atom. The molecule has 1 aliphatic rings. The van der Waals surface area contributed by atoms with Gasteiger partial charge >= 0.3 is 5.97 Å². The maximum Gasteiger partial charge on any atom is 0.311 e. The number of esters is 1. The number of alkyl halides is 2. The molecule has 0 unspecified atom stereocenters. The normalized spacial score (nSPS) is 28.0. The lowest BCUT2D eigenvalue weighted by atomic mass is 9.82. The van der Waals surface area contributed by atoms with Gasteiger partial charge in [-0.2, -0.15) is 0 Å². The molecule has 120 valence electrons. The minimum absolute atomic E-state index is 0.157. The average Bonchev–Trinajstić information content (AvgIpc) is 2.51. The molecule has 22 heavy (non-hydrogen) atoms. The zero-order chi connectivity index (χ0) is 16.1. The first-order valence-electron chi connectivity index (χ1n) is 7.33. The molecule has 0 bridgehead atoms. The molecule has 0 saturated heterocycles. The lowest BCUT2D eigenvalue weighted by molar-refractivity contribution is -0.151. The van der Waals surface area contributed by atoms with E-state index in [4.69, 9.17) is 4.74 Å². The van der Waals surface area contributed by atoms with Gasteiger partial charge in [0, 0.05) is 18.0 Å². The van der Waals surface area contributed by atoms with Crippen LogP contribution < -0.4 is 5.32 Å². The fourth-order valence-corrected chi connectivity index (χ4v) is 2.62. The van der Waals surface area contributed by atoms with E-state index in [1.165, 1.54) is 0 Å². The number of hydrogen-bond donors (Lipinski definition) is 1. The van der Waals surface area contributed by atoms with Crippen molar-refractivity contribution in [2.45, 2.75) is 38.2 Å². The molecular formula is C16H19F2NO3. The lowest BCUT2D eigenvalue weighted by Gasteiger charge is -2.34. The van der Waals surface area contributed by atoms with Gasteiger partial charge in [-0.15, -0.1) is 0 Å². The molecule has 1 fully saturated rings. The van der Waals surface area contributed by atoms with Crippen LogP contribution in [0.5, 0.6) is 0 Å². The van der Waals surface area contributed by atoms with Crippen molar-refractivity contribution < 1.29 is 23.1 Å². The molecule has 4 atom stereocenters. The van der Waals surface area contributed by atoms with Crippen LogP contribution in [-0.4, -0.2) is 36.9 Å². The second-order valence-electron chi connectivity index (χ2n) is 5.31. The number of amides is 1. The Hall–Kier alpha value is -1.98. The van der Waals surface area contributed by atoms with E-state index < -0.39 is 36.2 Å². The van der Waals surface area contributed by atoms with Gasteiger partial charge in [0.25, 0.3) is 5.91 Å². The molecule has 0 heterocycles. The molecule has 1 aliphatic carbocycles. The SMILES string of the molecule is CCOC(=O)[C@@H]1C[C@H](F)[C@H](F)C[C@H]1NC(=O)c1ccccc1. The summed E-state index contributed by atoms with van der Waals surface area (Å²) in [6.45, 7) is 1.80. The zero-order valence-electron chi connectivity index (χ0n) is 12.3. The van der Waals surface area contributed by atoms with E-state index in [1.54, 1.807) is 37.3 Å². The molecule has 2 rings (SSSR count). The van der Waals surface area contributed by atoms with Crippen LogP contribution in [0.4, 0.5) is 8.78 Å². The first-order valence-corrected chi connectivity index (χ1v) is 7.33. The van der Waals surface area contributed by atoms with Crippen molar-refractivity contribution in [3.8, 4) is 0 Å². The summed E-state index contributed by atoms with van der Waals surface area (Å²) in [4.78, 5) is 24.1. The fourth-order valence-electron chi connectivity index (χ4n) is 2.62. The van der Waals surface area contributed by atoms with Crippen LogP contribution in [0.1, 0.15) is 30.1 Å². The number of benzene rings is 1. The predicted octanol–water partition coefficient (Wildman–Crippen LogP) is 2.43. The van der Waals surface area contributed by atoms with Crippen molar-refractivity contribution in [1.29, 1.82) is 0 Å². The van der Waals surface area contributed by atoms with E-state index in [0.717, 1.165) is 0 Å². The van der Waals surface area contributed by atoms with Crippen LogP contribution >= 0.6 is 0 Å². The third kappa shape index (κ3) is 3.81. The Morgan fingerprint density at radius 1 is 1.18 bits per heavy atom. The standard InChI is InChI=1S/C16H19F2NO3/c1-2-22-16(21)11-8-12(17)13(18)9-14(11)19-15(20)10-6-4-3-5-7-10/h3-7,11-14H,2,8-9H2,1H3,(H,19,20)/t11-,12+,13-,14-/m1/s1. The average molecular weight is 311 g/mol. The van der Waals surface area contributed by atoms with Crippen LogP contribution in [0.3, 0.4) is 0 Å². The van der Waals surface area contributed by atoms with Crippen LogP contribution in [0.25, 0.3) is 0 Å². The third-order valence-electron chi connectivity index (χ3n) is 3.78. The summed E-state index contributed by atoms with van der Waals surface area (Å²) >= 11 is 0. The number of halogens is 2. The second-order valence-corrected chi connectivity index (χ2v) is 5.31. The Labute approximate surface area is 127 Å². The minimum atomic E-state index is -1.71. The number of ether oxygens (including phenoxy) is 1. The van der Waals surface area contributed by atoms with Crippen molar-refractivity contribution in [2.75, 3.05) is 6.61 Å². The topological polar surface area (TPSA) is 55.4 Å². The van der Waals surface area contributed by atoms with Crippen LogP contribution in [0.2, 0.25) is 0 Å². The van der Waals surface area contributed by atoms with E-state index in [0.29, 0.717) is 5.56 Å². The molecule has 1 saturated carbocycles. The summed E-state index contributed by atoms with van der Waals surface area (Å²) < 4.78 is 32.1. The van der Waals surface area contributed by atoms with E-state index in [1.807, 2.05) is 0 Å². The van der Waals surface area contributed by atoms with Crippen molar-refractivity contribution in [3.63, 3.8) is 0 Å². The monoisotopic (exact) mass is 311 g/mol. The van der Waals surface area contributed by atoms with Gasteiger partial charge in [-0.05, 0) is 25.5 Å². The van der Waals surface area contributed by atoms with E-state index in [2.05, 4.69) is 5.32 Å². The highest BCUT2D eigenvalue weighted by Gasteiger charge is 2.42. The van der Waals surface area contributed by atoms with Gasteiger partial charge in [-0.25, -0.2) is 8.78 Å². The molecule has 1 amide bonds. The van der Waals surface area contributed by atoms with Gasteiger partial charge in [0.2, 0.25) is 0 Å². The van der Waals surface area contributed by atoms with Crippen molar-refractivity contribution in [1.82, 2.24) is 5.32 Å². The Kier molecular flexibility index (Phi) is 5.46. The van der Waals surface area contributed by atoms with Crippen molar-refractivity contribution in [3.05, 3.63) is 35.9 Å². The molecule has 1 N–H and O–H groups in total. The van der Waals surface area contributed by atoms with Gasteiger partial charge < -0.3 is 10.1 Å². The van der Waals surface area contributed by atoms with Crippen molar-refractivity contribution >= 4 is 11.9 Å². The molecule has 0 aromatic heterocycles. The number of carbonyl (C=O) groups is 2. The van der Waals surface area contributed by atoms with Crippen LogP contribution in [0.15, 0.2) is 30.3 Å². The second kappa shape index (κ2) is 7.33. The smallest absolute Gasteiger partial charge is 0.311 e. The van der Waals surface area contributed by atoms with E-state index in [-0.39, 0.29) is 19.4 Å². The summed E-state index contributed by atoms with van der Waals surface area (Å²) in [5.74, 6) is -1.88. The van der Waals surface area contributed by atoms with Gasteiger partial charge in [-0.3, -0.25) is 9.59 Å². The fraction of sp³-hybridized carbons (Fsp3) is 0.500. The number of nitrogens with one attached hydrogen (secondary N) is 1. The lowest BCUT2D eigenvalue weighted by Crippen LogP contribution is -2.51. The first-order chi connectivity index (χ1) is 10.5. The predicted molar refractivity (Wildman–Crippen MR) is 76.8 cm³/mol. The summed E-state index contributed by atoms with van der Waals surface area (Å²) in [6.07, 6.45) is -3.91. The molecule has 0 spiro atoms. The molecule has 4 nitrogen and oxygen atoms in total. The van der Waals surface area contributed by atoms with Gasteiger partial charge in [-0.1, -0.05) is 18.2 Å². The quantitative estimate of drug-likeness (QED) is 0.869. The molecule has 6 heteroatoms. The first kappa shape index (κ1) is 16.4. The van der Waals surface area contributed by atoms with Crippen LogP contribution in [0, 0.1) is 5.92 Å². The summed E-state index contributed by atoms with van der Waals surface area (Å²) in [7, 11) is 0. The van der Waals surface area contributed by atoms with E-state index >= 15 is 0 Å². The molecular weight excluding hydrogens is 292 g/mol. The van der Waals surface area contributed by atoms with Gasteiger partial charge in [0.05, 0.1) is 12.5 Å². The Balaban J connectivity index is 2.10. The van der Waals surface area contributed by atoms with Gasteiger partial charge in [0.1, 0.15) is 12.3 Å². The van der Waals surface area contributed by atoms with E-state index in [9.17, 15) is 18.4 Å². The van der Waals surface area contributed by atoms with Crippen molar-refractivity contribution in [2.24, 2.45) is 5.92 Å². The third-order valence-corrected chi connectivity index (χ3v) is 3.78. The maximum absolute atomic E-state index is 13.6. The Morgan fingerprint density at radius 3 is 2.45 bits per heavy atom. The van der Waals surface area contributed by atoms with Crippen LogP contribution in [-0.2, 0) is 9.53 Å². The number of rotatable bonds is 4. The Bertz CT molecular complexity index is 523. The highest BCUT2D eigenvalue weighted by Crippen LogP contribution is 2.30. The highest BCUT2D eigenvalue weighted by atomic mass is 19.2. The summed E-state index contributed by atoms with van der Waals surface area (Å²) in [5, 5.41) is 2.63. The summed E-state index contributed by atoms with van der Waals surface area (Å²) in [5.41, 5.74) is 0.405. The summed E-state index contributed by atoms with van der Waals surface area (Å²) in [6, 6.07) is 7.63. The number of carbonyl (C=O) groups excluding carboxylic acids is 2. The largest absolute Gasteiger partial charge is 0.466 e. The molecule has 0 radical (unpaired) electrons. The molecule has 1 aromatic carbocycles. The molecule has 0 aliphatic heterocycles. The van der Waals surface area contributed by atoms with Gasteiger partial charge in [0.15, 0.2) is 0 Å². The maximum atomic E-state index is 13.6. The number of hydrogen-bond acceptors (Lipinski definition) is 3. The minimum Gasteiger partial charge on any atom is -0.466 e. The molecule has 1 aromatic rings. The highest BCUT2D eigenvalue weighted by molar-refractivity contribution is 5.94.